The minimum Gasteiger partial charge on any atom is -0.378 e. The summed E-state index contributed by atoms with van der Waals surface area (Å²) in [5.74, 6) is 1.04. The van der Waals surface area contributed by atoms with Gasteiger partial charge in [-0.25, -0.2) is 0 Å². The van der Waals surface area contributed by atoms with Crippen molar-refractivity contribution in [2.24, 2.45) is 11.8 Å². The summed E-state index contributed by atoms with van der Waals surface area (Å²) in [6, 6.07) is 0. The Balaban J connectivity index is 2.45. The Labute approximate surface area is 70.8 Å². The summed E-state index contributed by atoms with van der Waals surface area (Å²) in [7, 11) is 0. The van der Waals surface area contributed by atoms with E-state index >= 15 is 0 Å². The fraction of sp³-hybridized carbons (Fsp3) is 0.800. The van der Waals surface area contributed by atoms with Crippen LogP contribution in [0.5, 0.6) is 0 Å². The third-order valence-electron chi connectivity index (χ3n) is 2.38. The molecule has 4 atom stereocenters. The topological polar surface area (TPSA) is 9.23 Å². The second kappa shape index (κ2) is 3.91. The Morgan fingerprint density at radius 1 is 1.91 bits per heavy atom. The quantitative estimate of drug-likeness (QED) is 0.571. The minimum atomic E-state index is -0.294. The van der Waals surface area contributed by atoms with Crippen molar-refractivity contribution in [1.82, 2.24) is 0 Å². The zero-order chi connectivity index (χ0) is 9.14. The molecule has 0 radical (unpaired) electrons. The molecule has 1 saturated heterocycles. The molecule has 1 fully saturated rings. The maximum Gasteiger partial charge on any atom is 0.0629 e. The van der Waals surface area contributed by atoms with Gasteiger partial charge in [0.25, 0.3) is 0 Å². The van der Waals surface area contributed by atoms with E-state index in [1.54, 1.807) is 0 Å². The maximum absolute atomic E-state index is 7.47. The first kappa shape index (κ1) is 7.35. The molecule has 0 spiro atoms. The molecular weight excluding hydrogens is 136 g/mol. The third kappa shape index (κ3) is 2.06. The average Bonchev–Trinajstić information content (AvgIpc) is 2.30. The SMILES string of the molecule is [3H][C@H]1C[C@H](C)[C@@H]([C@H](C)CC=C)O1. The van der Waals surface area contributed by atoms with Crippen LogP contribution < -0.4 is 0 Å². The highest BCUT2D eigenvalue weighted by Crippen LogP contribution is 2.27. The second-order valence-corrected chi connectivity index (χ2v) is 3.48. The molecule has 0 aliphatic carbocycles. The smallest absolute Gasteiger partial charge is 0.0629 e. The van der Waals surface area contributed by atoms with E-state index in [1.807, 2.05) is 6.08 Å². The lowest BCUT2D eigenvalue weighted by atomic mass is 9.91. The molecule has 1 aliphatic rings. The average molecular weight is 156 g/mol. The van der Waals surface area contributed by atoms with Gasteiger partial charge in [-0.2, -0.15) is 0 Å². The summed E-state index contributed by atoms with van der Waals surface area (Å²) in [4.78, 5) is 0. The maximum atomic E-state index is 7.47. The molecule has 0 aromatic heterocycles. The Morgan fingerprint density at radius 3 is 3.09 bits per heavy atom. The largest absolute Gasteiger partial charge is 0.378 e. The number of allylic oxidation sites excluding steroid dienone is 1. The van der Waals surface area contributed by atoms with Crippen LogP contribution in [0.3, 0.4) is 0 Å². The van der Waals surface area contributed by atoms with Gasteiger partial charge in [0.15, 0.2) is 0 Å². The molecule has 0 aromatic carbocycles. The second-order valence-electron chi connectivity index (χ2n) is 3.48. The molecule has 1 rings (SSSR count). The number of hydrogen-bond acceptors (Lipinski definition) is 1. The van der Waals surface area contributed by atoms with Crippen LogP contribution in [0.15, 0.2) is 12.7 Å². The van der Waals surface area contributed by atoms with E-state index < -0.39 is 0 Å². The van der Waals surface area contributed by atoms with Crippen molar-refractivity contribution < 1.29 is 6.11 Å². The van der Waals surface area contributed by atoms with Crippen LogP contribution in [-0.2, 0) is 4.74 Å². The van der Waals surface area contributed by atoms with Crippen LogP contribution in [0.2, 0.25) is 0 Å². The molecule has 11 heavy (non-hydrogen) atoms. The van der Waals surface area contributed by atoms with Crippen LogP contribution in [0, 0.1) is 11.8 Å². The van der Waals surface area contributed by atoms with Crippen molar-refractivity contribution >= 4 is 0 Å². The Bertz CT molecular complexity index is 158. The van der Waals surface area contributed by atoms with Crippen LogP contribution in [-0.4, -0.2) is 12.7 Å². The van der Waals surface area contributed by atoms with Gasteiger partial charge in [0.2, 0.25) is 0 Å². The highest BCUT2D eigenvalue weighted by Gasteiger charge is 2.28. The van der Waals surface area contributed by atoms with E-state index in [-0.39, 0.29) is 12.7 Å². The predicted octanol–water partition coefficient (Wildman–Crippen LogP) is 2.62. The minimum absolute atomic E-state index is 0.269. The lowest BCUT2D eigenvalue weighted by Crippen LogP contribution is -2.21. The molecule has 1 heterocycles. The summed E-state index contributed by atoms with van der Waals surface area (Å²) in [6.45, 7) is 7.75. The first-order valence-corrected chi connectivity index (χ1v) is 4.33. The lowest BCUT2D eigenvalue weighted by molar-refractivity contribution is 0.0524. The van der Waals surface area contributed by atoms with Gasteiger partial charge in [0.05, 0.1) is 7.47 Å². The highest BCUT2D eigenvalue weighted by atomic mass is 16.5. The van der Waals surface area contributed by atoms with Gasteiger partial charge in [0, 0.05) is 6.58 Å². The third-order valence-corrected chi connectivity index (χ3v) is 2.38. The summed E-state index contributed by atoms with van der Waals surface area (Å²) < 4.78 is 13.0. The van der Waals surface area contributed by atoms with Gasteiger partial charge in [0.1, 0.15) is 0 Å². The Hall–Kier alpha value is -0.300. The van der Waals surface area contributed by atoms with Crippen molar-refractivity contribution in [2.75, 3.05) is 6.58 Å². The fourth-order valence-corrected chi connectivity index (χ4v) is 1.68. The Kier molecular flexibility index (Phi) is 2.62. The van der Waals surface area contributed by atoms with Gasteiger partial charge in [-0.05, 0) is 24.7 Å². The van der Waals surface area contributed by atoms with Gasteiger partial charge in [-0.3, -0.25) is 0 Å². The van der Waals surface area contributed by atoms with Crippen molar-refractivity contribution in [1.29, 1.82) is 0 Å². The van der Waals surface area contributed by atoms with Gasteiger partial charge < -0.3 is 4.74 Å². The fourth-order valence-electron chi connectivity index (χ4n) is 1.68. The van der Waals surface area contributed by atoms with Crippen LogP contribution >= 0.6 is 0 Å². The van der Waals surface area contributed by atoms with Crippen molar-refractivity contribution in [3.05, 3.63) is 12.7 Å². The van der Waals surface area contributed by atoms with Crippen LogP contribution in [0.1, 0.15) is 28.1 Å². The van der Waals surface area contributed by atoms with E-state index in [0.717, 1.165) is 12.8 Å². The molecule has 1 nitrogen and oxygen atoms in total. The first-order valence-electron chi connectivity index (χ1n) is 4.91. The molecule has 64 valence electrons. The van der Waals surface area contributed by atoms with Gasteiger partial charge in [-0.1, -0.05) is 19.9 Å². The van der Waals surface area contributed by atoms with Crippen LogP contribution in [0.25, 0.3) is 0 Å². The van der Waals surface area contributed by atoms with E-state index in [2.05, 4.69) is 20.4 Å². The standard InChI is InChI=1S/C10H18O/c1-4-5-8(2)10-9(3)6-7-11-10/h4,8-10H,1,5-7H2,2-3H3/t8-,9+,10-/m1/s1/i7T/t7-,8+,9-,10+/m0. The van der Waals surface area contributed by atoms with Crippen LogP contribution in [0.4, 0.5) is 0 Å². The summed E-state index contributed by atoms with van der Waals surface area (Å²) in [5.41, 5.74) is 0. The number of ether oxygens (including phenoxy) is 1. The van der Waals surface area contributed by atoms with Crippen molar-refractivity contribution in [3.8, 4) is 0 Å². The first-order chi connectivity index (χ1) is 5.65. The summed E-state index contributed by atoms with van der Waals surface area (Å²) >= 11 is 0. The van der Waals surface area contributed by atoms with E-state index in [9.17, 15) is 0 Å². The van der Waals surface area contributed by atoms with E-state index in [1.165, 1.54) is 0 Å². The molecule has 0 amide bonds. The van der Waals surface area contributed by atoms with Crippen molar-refractivity contribution in [3.63, 3.8) is 0 Å². The molecular formula is C10H18O. The zero-order valence-corrected chi connectivity index (χ0v) is 7.42. The predicted molar refractivity (Wildman–Crippen MR) is 47.5 cm³/mol. The molecule has 0 unspecified atom stereocenters. The molecule has 0 N–H and O–H groups in total. The Morgan fingerprint density at radius 2 is 2.64 bits per heavy atom. The summed E-state index contributed by atoms with van der Waals surface area (Å²) in [5, 5.41) is 0. The monoisotopic (exact) mass is 156 g/mol. The van der Waals surface area contributed by atoms with E-state index in [4.69, 9.17) is 6.11 Å². The normalized spacial score (nSPS) is 41.6. The highest BCUT2D eigenvalue weighted by molar-refractivity contribution is 4.82. The lowest BCUT2D eigenvalue weighted by Gasteiger charge is -2.20. The van der Waals surface area contributed by atoms with Crippen molar-refractivity contribution in [2.45, 2.75) is 32.8 Å². The molecule has 0 aromatic rings. The van der Waals surface area contributed by atoms with Gasteiger partial charge >= 0.3 is 0 Å². The molecule has 1 aliphatic heterocycles. The van der Waals surface area contributed by atoms with Gasteiger partial charge in [-0.15, -0.1) is 6.58 Å². The number of rotatable bonds is 3. The zero-order valence-electron chi connectivity index (χ0n) is 8.42. The van der Waals surface area contributed by atoms with E-state index in [0.29, 0.717) is 11.8 Å². The summed E-state index contributed by atoms with van der Waals surface area (Å²) in [6.07, 6.45) is 4.07. The molecule has 0 saturated carbocycles. The number of hydrogen-bond donors (Lipinski definition) is 0. The molecule has 0 bridgehead atoms. The molecule has 1 heteroatoms.